The Kier molecular flexibility index (Phi) is 6.10. The Hall–Kier alpha value is -1.76. The lowest BCUT2D eigenvalue weighted by molar-refractivity contribution is -0.137. The molecule has 0 bridgehead atoms. The summed E-state index contributed by atoms with van der Waals surface area (Å²) in [7, 11) is 0. The summed E-state index contributed by atoms with van der Waals surface area (Å²) in [6.07, 6.45) is -2.99. The van der Waals surface area contributed by atoms with Gasteiger partial charge in [-0.2, -0.15) is 13.2 Å². The highest BCUT2D eigenvalue weighted by atomic mass is 19.4. The summed E-state index contributed by atoms with van der Waals surface area (Å²) in [6, 6.07) is 5.13. The maximum absolute atomic E-state index is 12.7. The fourth-order valence-electron chi connectivity index (χ4n) is 2.86. The van der Waals surface area contributed by atoms with Gasteiger partial charge in [-0.15, -0.1) is 0 Å². The lowest BCUT2D eigenvalue weighted by Crippen LogP contribution is -2.39. The van der Waals surface area contributed by atoms with Crippen LogP contribution in [-0.2, 0) is 6.18 Å². The van der Waals surface area contributed by atoms with Crippen LogP contribution in [-0.4, -0.2) is 42.3 Å². The zero-order chi connectivity index (χ0) is 17.7. The molecule has 24 heavy (non-hydrogen) atoms. The first-order valence-corrected chi connectivity index (χ1v) is 8.12. The minimum atomic E-state index is -4.34. The molecule has 1 aliphatic rings. The van der Waals surface area contributed by atoms with E-state index in [1.54, 1.807) is 11.0 Å². The topological polar surface area (TPSA) is 52.6 Å². The third-order valence-electron chi connectivity index (χ3n) is 4.47. The van der Waals surface area contributed by atoms with Gasteiger partial charge in [0.15, 0.2) is 0 Å². The molecule has 1 fully saturated rings. The van der Waals surface area contributed by atoms with Gasteiger partial charge in [0.1, 0.15) is 0 Å². The first-order chi connectivity index (χ1) is 11.3. The number of alkyl halides is 3. The standard InChI is InChI=1S/C17H23F3N2O2/c1-12(14-3-2-4-15(9-14)17(18,19)20)5-7-21-16(24)22-8-6-13(10-22)11-23/h2-4,9,12-13,23H,5-8,10-11H2,1H3,(H,21,24). The smallest absolute Gasteiger partial charge is 0.396 e. The highest BCUT2D eigenvalue weighted by molar-refractivity contribution is 5.74. The second-order valence-corrected chi connectivity index (χ2v) is 6.33. The quantitative estimate of drug-likeness (QED) is 0.862. The number of rotatable bonds is 5. The minimum Gasteiger partial charge on any atom is -0.396 e. The predicted molar refractivity (Wildman–Crippen MR) is 84.6 cm³/mol. The molecule has 2 rings (SSSR count). The van der Waals surface area contributed by atoms with E-state index in [0.717, 1.165) is 12.5 Å². The number of nitrogens with one attached hydrogen (secondary N) is 1. The van der Waals surface area contributed by atoms with Gasteiger partial charge in [-0.1, -0.05) is 25.1 Å². The van der Waals surface area contributed by atoms with Crippen LogP contribution >= 0.6 is 0 Å². The highest BCUT2D eigenvalue weighted by Gasteiger charge is 2.30. The number of amides is 2. The molecule has 1 aromatic rings. The molecule has 0 aromatic heterocycles. The molecule has 0 radical (unpaired) electrons. The Labute approximate surface area is 139 Å². The molecular formula is C17H23F3N2O2. The van der Waals surface area contributed by atoms with Crippen molar-refractivity contribution >= 4 is 6.03 Å². The number of aliphatic hydroxyl groups excluding tert-OH is 1. The van der Waals surface area contributed by atoms with Crippen molar-refractivity contribution in [3.8, 4) is 0 Å². The van der Waals surface area contributed by atoms with Crippen molar-refractivity contribution in [1.29, 1.82) is 0 Å². The Bertz CT molecular complexity index is 563. The van der Waals surface area contributed by atoms with Gasteiger partial charge >= 0.3 is 12.2 Å². The molecule has 0 aliphatic carbocycles. The van der Waals surface area contributed by atoms with E-state index in [4.69, 9.17) is 5.11 Å². The average molecular weight is 344 g/mol. The number of carbonyl (C=O) groups is 1. The zero-order valence-electron chi connectivity index (χ0n) is 13.6. The van der Waals surface area contributed by atoms with Crippen LogP contribution in [0, 0.1) is 5.92 Å². The predicted octanol–water partition coefficient (Wildman–Crippen LogP) is 3.22. The molecule has 2 unspecified atom stereocenters. The van der Waals surface area contributed by atoms with Gasteiger partial charge in [-0.05, 0) is 30.4 Å². The number of likely N-dealkylation sites (tertiary alicyclic amines) is 1. The van der Waals surface area contributed by atoms with Crippen molar-refractivity contribution in [2.45, 2.75) is 31.9 Å². The van der Waals surface area contributed by atoms with Crippen molar-refractivity contribution < 1.29 is 23.1 Å². The van der Waals surface area contributed by atoms with Crippen LogP contribution in [0.3, 0.4) is 0 Å². The van der Waals surface area contributed by atoms with Gasteiger partial charge in [-0.3, -0.25) is 0 Å². The van der Waals surface area contributed by atoms with Crippen LogP contribution in [0.1, 0.15) is 36.8 Å². The summed E-state index contributed by atoms with van der Waals surface area (Å²) in [5.74, 6) is 0.0520. The van der Waals surface area contributed by atoms with Gasteiger partial charge < -0.3 is 15.3 Å². The van der Waals surface area contributed by atoms with Gasteiger partial charge in [0, 0.05) is 32.2 Å². The molecule has 2 amide bonds. The summed E-state index contributed by atoms with van der Waals surface area (Å²) < 4.78 is 38.2. The van der Waals surface area contributed by atoms with E-state index in [2.05, 4.69) is 5.32 Å². The molecule has 7 heteroatoms. The molecular weight excluding hydrogens is 321 g/mol. The van der Waals surface area contributed by atoms with Gasteiger partial charge in [0.25, 0.3) is 0 Å². The van der Waals surface area contributed by atoms with Crippen LogP contribution < -0.4 is 5.32 Å². The van der Waals surface area contributed by atoms with E-state index in [0.29, 0.717) is 31.6 Å². The lowest BCUT2D eigenvalue weighted by Gasteiger charge is -2.19. The number of hydrogen-bond acceptors (Lipinski definition) is 2. The normalized spacial score (nSPS) is 19.4. The first-order valence-electron chi connectivity index (χ1n) is 8.12. The third kappa shape index (κ3) is 4.87. The largest absolute Gasteiger partial charge is 0.416 e. The van der Waals surface area contributed by atoms with Gasteiger partial charge in [0.2, 0.25) is 0 Å². The summed E-state index contributed by atoms with van der Waals surface area (Å²) in [4.78, 5) is 13.7. The van der Waals surface area contributed by atoms with Gasteiger partial charge in [-0.25, -0.2) is 4.79 Å². The molecule has 134 valence electrons. The number of benzene rings is 1. The summed E-state index contributed by atoms with van der Waals surface area (Å²) in [5, 5.41) is 11.9. The van der Waals surface area contributed by atoms with Crippen LogP contribution in [0.4, 0.5) is 18.0 Å². The molecule has 4 nitrogen and oxygen atoms in total. The molecule has 1 aromatic carbocycles. The summed E-state index contributed by atoms with van der Waals surface area (Å²) >= 11 is 0. The van der Waals surface area contributed by atoms with Gasteiger partial charge in [0.05, 0.1) is 5.56 Å². The van der Waals surface area contributed by atoms with Crippen molar-refractivity contribution in [1.82, 2.24) is 10.2 Å². The Balaban J connectivity index is 1.81. The van der Waals surface area contributed by atoms with E-state index >= 15 is 0 Å². The van der Waals surface area contributed by atoms with Crippen molar-refractivity contribution in [2.75, 3.05) is 26.2 Å². The Morgan fingerprint density at radius 2 is 2.21 bits per heavy atom. The molecule has 0 spiro atoms. The second-order valence-electron chi connectivity index (χ2n) is 6.33. The van der Waals surface area contributed by atoms with E-state index < -0.39 is 11.7 Å². The Morgan fingerprint density at radius 3 is 2.83 bits per heavy atom. The maximum Gasteiger partial charge on any atom is 0.416 e. The molecule has 0 saturated carbocycles. The van der Waals surface area contributed by atoms with Crippen molar-refractivity contribution in [2.24, 2.45) is 5.92 Å². The average Bonchev–Trinajstić information content (AvgIpc) is 3.03. The number of halogens is 3. The van der Waals surface area contributed by atoms with E-state index in [9.17, 15) is 18.0 Å². The third-order valence-corrected chi connectivity index (χ3v) is 4.47. The zero-order valence-corrected chi connectivity index (χ0v) is 13.6. The summed E-state index contributed by atoms with van der Waals surface area (Å²) in [6.45, 7) is 3.50. The van der Waals surface area contributed by atoms with Crippen LogP contribution in [0.25, 0.3) is 0 Å². The van der Waals surface area contributed by atoms with Crippen molar-refractivity contribution in [3.63, 3.8) is 0 Å². The molecule has 2 N–H and O–H groups in total. The number of nitrogens with zero attached hydrogens (tertiary/aromatic N) is 1. The Morgan fingerprint density at radius 1 is 1.46 bits per heavy atom. The summed E-state index contributed by atoms with van der Waals surface area (Å²) in [5.41, 5.74) is -0.0383. The molecule has 1 saturated heterocycles. The lowest BCUT2D eigenvalue weighted by atomic mass is 9.96. The van der Waals surface area contributed by atoms with E-state index in [-0.39, 0.29) is 24.5 Å². The molecule has 1 aliphatic heterocycles. The fourth-order valence-corrected chi connectivity index (χ4v) is 2.86. The van der Waals surface area contributed by atoms with Crippen LogP contribution in [0.5, 0.6) is 0 Å². The van der Waals surface area contributed by atoms with E-state index in [1.165, 1.54) is 12.1 Å². The SMILES string of the molecule is CC(CCNC(=O)N1CCC(CO)C1)c1cccc(C(F)(F)F)c1. The van der Waals surface area contributed by atoms with Crippen LogP contribution in [0.15, 0.2) is 24.3 Å². The number of urea groups is 1. The van der Waals surface area contributed by atoms with Crippen LogP contribution in [0.2, 0.25) is 0 Å². The number of carbonyl (C=O) groups excluding carboxylic acids is 1. The number of hydrogen-bond donors (Lipinski definition) is 2. The molecule has 2 atom stereocenters. The van der Waals surface area contributed by atoms with E-state index in [1.807, 2.05) is 6.92 Å². The first kappa shape index (κ1) is 18.6. The van der Waals surface area contributed by atoms with Crippen molar-refractivity contribution in [3.05, 3.63) is 35.4 Å². The monoisotopic (exact) mass is 344 g/mol. The maximum atomic E-state index is 12.7. The number of aliphatic hydroxyl groups is 1. The second kappa shape index (κ2) is 7.88. The minimum absolute atomic E-state index is 0.0797. The highest BCUT2D eigenvalue weighted by Crippen LogP contribution is 2.31. The fraction of sp³-hybridized carbons (Fsp3) is 0.588. The molecule has 1 heterocycles.